The van der Waals surface area contributed by atoms with Crippen molar-refractivity contribution in [3.8, 4) is 11.8 Å². The normalized spacial score (nSPS) is 10.8. The Morgan fingerprint density at radius 3 is 2.35 bits per heavy atom. The molecule has 0 bridgehead atoms. The second-order valence-electron chi connectivity index (χ2n) is 6.24. The number of nitrogens with zero attached hydrogens (tertiary/aromatic N) is 2. The lowest BCUT2D eigenvalue weighted by Crippen LogP contribution is -2.32. The van der Waals surface area contributed by atoms with Crippen LogP contribution in [0.2, 0.25) is 0 Å². The lowest BCUT2D eigenvalue weighted by molar-refractivity contribution is 0.0777. The van der Waals surface area contributed by atoms with Crippen molar-refractivity contribution in [2.24, 2.45) is 0 Å². The molecule has 0 radical (unpaired) electrons. The van der Waals surface area contributed by atoms with Gasteiger partial charge in [-0.15, -0.1) is 0 Å². The molecule has 0 aliphatic heterocycles. The second kappa shape index (κ2) is 6.69. The fraction of sp³-hybridized carbons (Fsp3) is 0.471. The zero-order valence-corrected chi connectivity index (χ0v) is 14.4. The van der Waals surface area contributed by atoms with Crippen LogP contribution in [0.4, 0.5) is 4.79 Å². The van der Waals surface area contributed by atoms with Crippen LogP contribution in [-0.4, -0.2) is 35.7 Å². The lowest BCUT2D eigenvalue weighted by Gasteiger charge is -2.28. The Bertz CT molecular complexity index is 681. The molecule has 124 valence electrons. The largest absolute Gasteiger partial charge is 0.493 e. The Labute approximate surface area is 136 Å². The number of benzene rings is 1. The summed E-state index contributed by atoms with van der Waals surface area (Å²) in [5.74, 6) is -0.377. The third-order valence-electron chi connectivity index (χ3n) is 3.52. The molecule has 6 nitrogen and oxygen atoms in total. The summed E-state index contributed by atoms with van der Waals surface area (Å²) in [5, 5.41) is 18.4. The highest BCUT2D eigenvalue weighted by molar-refractivity contribution is 6.04. The van der Waals surface area contributed by atoms with Gasteiger partial charge in [-0.1, -0.05) is 20.8 Å². The van der Waals surface area contributed by atoms with Gasteiger partial charge in [0.05, 0.1) is 23.8 Å². The monoisotopic (exact) mass is 318 g/mol. The molecule has 0 saturated carbocycles. The minimum Gasteiger partial charge on any atom is -0.493 e. The van der Waals surface area contributed by atoms with Crippen molar-refractivity contribution in [3.05, 3.63) is 28.3 Å². The van der Waals surface area contributed by atoms with E-state index in [1.54, 1.807) is 13.8 Å². The van der Waals surface area contributed by atoms with Gasteiger partial charge in [0.1, 0.15) is 5.75 Å². The number of amides is 2. The van der Waals surface area contributed by atoms with Crippen LogP contribution in [0.15, 0.2) is 6.07 Å². The summed E-state index contributed by atoms with van der Waals surface area (Å²) in [7, 11) is 1.17. The molecule has 6 heteroatoms. The average molecular weight is 318 g/mol. The van der Waals surface area contributed by atoms with Gasteiger partial charge in [-0.2, -0.15) is 5.26 Å². The Kier molecular flexibility index (Phi) is 5.38. The Morgan fingerprint density at radius 1 is 1.39 bits per heavy atom. The van der Waals surface area contributed by atoms with E-state index in [9.17, 15) is 14.9 Å². The maximum Gasteiger partial charge on any atom is 0.414 e. The van der Waals surface area contributed by atoms with Crippen molar-refractivity contribution in [2.45, 2.75) is 40.0 Å². The predicted molar refractivity (Wildman–Crippen MR) is 85.9 cm³/mol. The minimum absolute atomic E-state index is 0.0869. The van der Waals surface area contributed by atoms with Crippen molar-refractivity contribution in [2.75, 3.05) is 13.7 Å². The number of carboxylic acid groups (broad SMARTS) is 1. The average Bonchev–Trinajstić information content (AvgIpc) is 2.44. The van der Waals surface area contributed by atoms with Crippen molar-refractivity contribution in [1.29, 1.82) is 5.26 Å². The van der Waals surface area contributed by atoms with Crippen LogP contribution in [0.5, 0.6) is 5.75 Å². The van der Waals surface area contributed by atoms with Gasteiger partial charge in [0, 0.05) is 12.6 Å². The molecule has 0 heterocycles. The maximum atomic E-state index is 12.5. The molecule has 0 aliphatic rings. The summed E-state index contributed by atoms with van der Waals surface area (Å²) >= 11 is 0. The zero-order chi connectivity index (χ0) is 17.9. The van der Waals surface area contributed by atoms with Crippen molar-refractivity contribution < 1.29 is 19.4 Å². The zero-order valence-electron chi connectivity index (χ0n) is 14.4. The highest BCUT2D eigenvalue weighted by Gasteiger charge is 2.30. The molecule has 0 aliphatic carbocycles. The van der Waals surface area contributed by atoms with Crippen molar-refractivity contribution >= 4 is 12.0 Å². The van der Waals surface area contributed by atoms with Crippen LogP contribution in [0.3, 0.4) is 0 Å². The number of rotatable bonds is 3. The topological polar surface area (TPSA) is 90.6 Å². The van der Waals surface area contributed by atoms with E-state index in [0.29, 0.717) is 22.8 Å². The maximum absolute atomic E-state index is 12.5. The highest BCUT2D eigenvalue weighted by Crippen LogP contribution is 2.39. The minimum atomic E-state index is -1.37. The predicted octanol–water partition coefficient (Wildman–Crippen LogP) is 3.31. The quantitative estimate of drug-likeness (QED) is 0.923. The summed E-state index contributed by atoms with van der Waals surface area (Å²) in [6.07, 6.45) is -1.37. The first-order chi connectivity index (χ1) is 10.6. The number of nitriles is 1. The van der Waals surface area contributed by atoms with E-state index in [1.807, 2.05) is 20.8 Å². The van der Waals surface area contributed by atoms with E-state index in [1.165, 1.54) is 13.1 Å². The molecule has 0 fully saturated rings. The summed E-state index contributed by atoms with van der Waals surface area (Å²) in [4.78, 5) is 24.2. The second-order valence-corrected chi connectivity index (χ2v) is 6.24. The van der Waals surface area contributed by atoms with Gasteiger partial charge in [0.2, 0.25) is 0 Å². The first-order valence-corrected chi connectivity index (χ1v) is 7.28. The fourth-order valence-electron chi connectivity index (χ4n) is 2.50. The van der Waals surface area contributed by atoms with Gasteiger partial charge in [0.15, 0.2) is 0 Å². The molecule has 1 N–H and O–H groups in total. The Balaban J connectivity index is 3.79. The van der Waals surface area contributed by atoms with E-state index >= 15 is 0 Å². The smallest absolute Gasteiger partial charge is 0.414 e. The van der Waals surface area contributed by atoms with Crippen LogP contribution >= 0.6 is 0 Å². The van der Waals surface area contributed by atoms with Crippen LogP contribution in [0.1, 0.15) is 54.7 Å². The standard InChI is InChI=1S/C17H22N2O4/c1-7-23-14-12(15(20)19(6)16(21)22)8-11(9-18)10(2)13(14)17(3,4)5/h8H,7H2,1-6H3,(H,21,22). The van der Waals surface area contributed by atoms with E-state index in [-0.39, 0.29) is 11.0 Å². The van der Waals surface area contributed by atoms with Crippen LogP contribution in [0.25, 0.3) is 0 Å². The molecule has 0 saturated heterocycles. The molecule has 23 heavy (non-hydrogen) atoms. The molecule has 0 aromatic heterocycles. The number of carbonyl (C=O) groups excluding carboxylic acids is 1. The first-order valence-electron chi connectivity index (χ1n) is 7.28. The number of hydrogen-bond donors (Lipinski definition) is 1. The Hall–Kier alpha value is -2.55. The van der Waals surface area contributed by atoms with Gasteiger partial charge < -0.3 is 9.84 Å². The molecule has 0 spiro atoms. The van der Waals surface area contributed by atoms with E-state index in [0.717, 1.165) is 11.1 Å². The van der Waals surface area contributed by atoms with Gasteiger partial charge in [-0.05, 0) is 30.9 Å². The van der Waals surface area contributed by atoms with E-state index in [4.69, 9.17) is 9.84 Å². The molecule has 0 unspecified atom stereocenters. The van der Waals surface area contributed by atoms with Gasteiger partial charge in [-0.3, -0.25) is 4.79 Å². The van der Waals surface area contributed by atoms with Crippen LogP contribution in [-0.2, 0) is 5.41 Å². The summed E-state index contributed by atoms with van der Waals surface area (Å²) in [5.41, 5.74) is 1.51. The third-order valence-corrected chi connectivity index (χ3v) is 3.52. The molecule has 2 amide bonds. The van der Waals surface area contributed by atoms with Gasteiger partial charge in [-0.25, -0.2) is 9.69 Å². The van der Waals surface area contributed by atoms with Gasteiger partial charge >= 0.3 is 6.09 Å². The van der Waals surface area contributed by atoms with Crippen molar-refractivity contribution in [3.63, 3.8) is 0 Å². The number of imide groups is 1. The molecule has 0 atom stereocenters. The molecule has 1 rings (SSSR count). The van der Waals surface area contributed by atoms with E-state index < -0.39 is 12.0 Å². The lowest BCUT2D eigenvalue weighted by atomic mass is 9.80. The summed E-state index contributed by atoms with van der Waals surface area (Å²) in [6, 6.07) is 3.47. The van der Waals surface area contributed by atoms with Crippen molar-refractivity contribution in [1.82, 2.24) is 4.90 Å². The highest BCUT2D eigenvalue weighted by atomic mass is 16.5. The molecule has 1 aromatic carbocycles. The molecule has 1 aromatic rings. The van der Waals surface area contributed by atoms with Crippen LogP contribution < -0.4 is 4.74 Å². The number of hydrogen-bond acceptors (Lipinski definition) is 4. The first kappa shape index (κ1) is 18.5. The number of carbonyl (C=O) groups is 2. The number of ether oxygens (including phenoxy) is 1. The molecular formula is C17H22N2O4. The summed E-state index contributed by atoms with van der Waals surface area (Å²) < 4.78 is 5.68. The molecular weight excluding hydrogens is 296 g/mol. The van der Waals surface area contributed by atoms with E-state index in [2.05, 4.69) is 6.07 Å². The Morgan fingerprint density at radius 2 is 1.96 bits per heavy atom. The fourth-order valence-corrected chi connectivity index (χ4v) is 2.50. The third kappa shape index (κ3) is 3.62. The van der Waals surface area contributed by atoms with Crippen LogP contribution in [0, 0.1) is 18.3 Å². The van der Waals surface area contributed by atoms with Gasteiger partial charge in [0.25, 0.3) is 5.91 Å². The SMILES string of the molecule is CCOc1c(C(=O)N(C)C(=O)O)cc(C#N)c(C)c1C(C)(C)C. The summed E-state index contributed by atoms with van der Waals surface area (Å²) in [6.45, 7) is 9.77.